The largest absolute Gasteiger partial charge is 0.324 e. The first-order chi connectivity index (χ1) is 11.1. The molecular formula is C18H27N3OS. The van der Waals surface area contributed by atoms with E-state index < -0.39 is 0 Å². The van der Waals surface area contributed by atoms with Gasteiger partial charge in [-0.2, -0.15) is 0 Å². The van der Waals surface area contributed by atoms with E-state index in [1.807, 2.05) is 17.0 Å². The van der Waals surface area contributed by atoms with Crippen LogP contribution < -0.4 is 5.32 Å². The van der Waals surface area contributed by atoms with Crippen molar-refractivity contribution < 1.29 is 4.79 Å². The topological polar surface area (TPSA) is 35.6 Å². The molecule has 1 aromatic rings. The average molecular weight is 334 g/mol. The standard InChI is InChI=1S/C18H27N3OS/c1-13-15(7-4-8-17(13)23-3)19-18(22)21-11-9-16-14(12-21)6-5-10-20(16)2/h4,7-8,14,16H,5-6,9-12H2,1-3H3,(H,19,22)/t14-,16-/m1/s1. The fraction of sp³-hybridized carbons (Fsp3) is 0.611. The second kappa shape index (κ2) is 7.14. The van der Waals surface area contributed by atoms with Crippen LogP contribution in [0.5, 0.6) is 0 Å². The Hall–Kier alpha value is -1.20. The van der Waals surface area contributed by atoms with Crippen LogP contribution in [-0.2, 0) is 0 Å². The highest BCUT2D eigenvalue weighted by atomic mass is 32.2. The van der Waals surface area contributed by atoms with Gasteiger partial charge in [0.05, 0.1) is 0 Å². The Morgan fingerprint density at radius 3 is 2.91 bits per heavy atom. The van der Waals surface area contributed by atoms with Gasteiger partial charge in [-0.25, -0.2) is 4.79 Å². The molecule has 0 saturated carbocycles. The number of fused-ring (bicyclic) bond motifs is 1. The van der Waals surface area contributed by atoms with Crippen molar-refractivity contribution in [1.82, 2.24) is 9.80 Å². The third-order valence-corrected chi connectivity index (χ3v) is 6.26. The molecule has 2 atom stereocenters. The zero-order valence-electron chi connectivity index (χ0n) is 14.3. The maximum Gasteiger partial charge on any atom is 0.321 e. The number of amides is 2. The van der Waals surface area contributed by atoms with E-state index in [1.54, 1.807) is 11.8 Å². The van der Waals surface area contributed by atoms with E-state index in [4.69, 9.17) is 0 Å². The molecule has 4 nitrogen and oxygen atoms in total. The van der Waals surface area contributed by atoms with Gasteiger partial charge in [-0.15, -0.1) is 11.8 Å². The summed E-state index contributed by atoms with van der Waals surface area (Å²) in [5, 5.41) is 3.12. The van der Waals surface area contributed by atoms with Crippen LogP contribution in [-0.4, -0.2) is 54.8 Å². The van der Waals surface area contributed by atoms with E-state index in [9.17, 15) is 4.79 Å². The fourth-order valence-corrected chi connectivity index (χ4v) is 4.63. The molecule has 2 aliphatic rings. The van der Waals surface area contributed by atoms with Crippen molar-refractivity contribution in [1.29, 1.82) is 0 Å². The summed E-state index contributed by atoms with van der Waals surface area (Å²) in [7, 11) is 2.23. The molecule has 0 spiro atoms. The fourth-order valence-electron chi connectivity index (χ4n) is 4.00. The third-order valence-electron chi connectivity index (χ3n) is 5.38. The van der Waals surface area contributed by atoms with Crippen molar-refractivity contribution in [2.45, 2.75) is 37.1 Å². The van der Waals surface area contributed by atoms with Gasteiger partial charge >= 0.3 is 6.03 Å². The van der Waals surface area contributed by atoms with Gasteiger partial charge in [0, 0.05) is 29.7 Å². The lowest BCUT2D eigenvalue weighted by Gasteiger charge is -2.45. The summed E-state index contributed by atoms with van der Waals surface area (Å²) in [5.41, 5.74) is 2.09. The van der Waals surface area contributed by atoms with E-state index in [1.165, 1.54) is 24.3 Å². The maximum absolute atomic E-state index is 12.7. The quantitative estimate of drug-likeness (QED) is 0.839. The molecule has 23 heavy (non-hydrogen) atoms. The Labute approximate surface area is 143 Å². The number of rotatable bonds is 2. The zero-order chi connectivity index (χ0) is 16.4. The van der Waals surface area contributed by atoms with E-state index >= 15 is 0 Å². The van der Waals surface area contributed by atoms with Crippen LogP contribution in [0.2, 0.25) is 0 Å². The average Bonchev–Trinajstić information content (AvgIpc) is 2.56. The van der Waals surface area contributed by atoms with Crippen LogP contribution in [0.25, 0.3) is 0 Å². The number of thioether (sulfide) groups is 1. The van der Waals surface area contributed by atoms with E-state index in [-0.39, 0.29) is 6.03 Å². The highest BCUT2D eigenvalue weighted by Gasteiger charge is 2.35. The van der Waals surface area contributed by atoms with E-state index in [2.05, 4.69) is 36.5 Å². The number of benzene rings is 1. The van der Waals surface area contributed by atoms with Gasteiger partial charge in [0.25, 0.3) is 0 Å². The van der Waals surface area contributed by atoms with E-state index in [0.29, 0.717) is 12.0 Å². The minimum Gasteiger partial charge on any atom is -0.324 e. The SMILES string of the molecule is CSc1cccc(NC(=O)N2CC[C@@H]3[C@H](CCCN3C)C2)c1C. The van der Waals surface area contributed by atoms with Crippen LogP contribution >= 0.6 is 11.8 Å². The number of piperidine rings is 2. The highest BCUT2D eigenvalue weighted by molar-refractivity contribution is 7.98. The van der Waals surface area contributed by atoms with Crippen molar-refractivity contribution in [2.24, 2.45) is 5.92 Å². The highest BCUT2D eigenvalue weighted by Crippen LogP contribution is 2.30. The second-order valence-corrected chi connectivity index (χ2v) is 7.60. The lowest BCUT2D eigenvalue weighted by atomic mass is 9.84. The van der Waals surface area contributed by atoms with Crippen molar-refractivity contribution in [3.63, 3.8) is 0 Å². The first-order valence-corrected chi connectivity index (χ1v) is 9.72. The molecule has 1 aromatic carbocycles. The molecule has 3 rings (SSSR count). The van der Waals surface area contributed by atoms with Crippen LogP contribution in [0, 0.1) is 12.8 Å². The van der Waals surface area contributed by atoms with Gasteiger partial charge in [0.2, 0.25) is 0 Å². The minimum absolute atomic E-state index is 0.0537. The molecule has 0 bridgehead atoms. The summed E-state index contributed by atoms with van der Waals surface area (Å²) in [5.74, 6) is 0.631. The van der Waals surface area contributed by atoms with Crippen molar-refractivity contribution in [3.05, 3.63) is 23.8 Å². The van der Waals surface area contributed by atoms with Crippen LogP contribution in [0.3, 0.4) is 0 Å². The molecule has 2 fully saturated rings. The Balaban J connectivity index is 1.65. The number of nitrogens with one attached hydrogen (secondary N) is 1. The summed E-state index contributed by atoms with van der Waals surface area (Å²) >= 11 is 1.72. The number of hydrogen-bond acceptors (Lipinski definition) is 3. The van der Waals surface area contributed by atoms with Gasteiger partial charge in [0.1, 0.15) is 0 Å². The molecule has 1 N–H and O–H groups in total. The van der Waals surface area contributed by atoms with E-state index in [0.717, 1.165) is 30.8 Å². The normalized spacial score (nSPS) is 25.1. The van der Waals surface area contributed by atoms with Gasteiger partial charge in [-0.05, 0) is 69.6 Å². The molecule has 2 saturated heterocycles. The minimum atomic E-state index is 0.0537. The van der Waals surface area contributed by atoms with Crippen molar-refractivity contribution in [2.75, 3.05) is 38.3 Å². The van der Waals surface area contributed by atoms with Gasteiger partial charge in [0.15, 0.2) is 0 Å². The number of carbonyl (C=O) groups is 1. The monoisotopic (exact) mass is 333 g/mol. The zero-order valence-corrected chi connectivity index (χ0v) is 15.2. The molecule has 2 amide bonds. The Morgan fingerprint density at radius 2 is 2.13 bits per heavy atom. The van der Waals surface area contributed by atoms with Gasteiger partial charge < -0.3 is 15.1 Å². The summed E-state index contributed by atoms with van der Waals surface area (Å²) in [6.45, 7) is 5.03. The molecule has 5 heteroatoms. The summed E-state index contributed by atoms with van der Waals surface area (Å²) in [4.78, 5) is 18.4. The first-order valence-electron chi connectivity index (χ1n) is 8.50. The molecule has 2 heterocycles. The molecule has 2 aliphatic heterocycles. The number of urea groups is 1. The molecule has 126 valence electrons. The number of nitrogens with zero attached hydrogens (tertiary/aromatic N) is 2. The van der Waals surface area contributed by atoms with Crippen LogP contribution in [0.4, 0.5) is 10.5 Å². The predicted octanol–water partition coefficient (Wildman–Crippen LogP) is 3.66. The lowest BCUT2D eigenvalue weighted by Crippen LogP contribution is -2.54. The molecule has 0 aliphatic carbocycles. The Morgan fingerprint density at radius 1 is 1.30 bits per heavy atom. The molecule has 0 radical (unpaired) electrons. The third kappa shape index (κ3) is 3.50. The van der Waals surface area contributed by atoms with Crippen molar-refractivity contribution >= 4 is 23.5 Å². The Bertz CT molecular complexity index is 577. The number of anilines is 1. The lowest BCUT2D eigenvalue weighted by molar-refractivity contribution is 0.0542. The van der Waals surface area contributed by atoms with Crippen LogP contribution in [0.1, 0.15) is 24.8 Å². The molecule has 0 unspecified atom stereocenters. The predicted molar refractivity (Wildman–Crippen MR) is 97.3 cm³/mol. The summed E-state index contributed by atoms with van der Waals surface area (Å²) < 4.78 is 0. The summed E-state index contributed by atoms with van der Waals surface area (Å²) in [6.07, 6.45) is 5.67. The van der Waals surface area contributed by atoms with Crippen molar-refractivity contribution in [3.8, 4) is 0 Å². The molecular weight excluding hydrogens is 306 g/mol. The second-order valence-electron chi connectivity index (χ2n) is 6.75. The van der Waals surface area contributed by atoms with Gasteiger partial charge in [-0.1, -0.05) is 6.07 Å². The number of likely N-dealkylation sites (tertiary alicyclic amines) is 2. The maximum atomic E-state index is 12.7. The number of hydrogen-bond donors (Lipinski definition) is 1. The van der Waals surface area contributed by atoms with Crippen LogP contribution in [0.15, 0.2) is 23.1 Å². The first kappa shape index (κ1) is 16.7. The smallest absolute Gasteiger partial charge is 0.321 e. The van der Waals surface area contributed by atoms with Gasteiger partial charge in [-0.3, -0.25) is 0 Å². The Kier molecular flexibility index (Phi) is 5.17. The molecule has 0 aromatic heterocycles. The number of carbonyl (C=O) groups excluding carboxylic acids is 1. The summed E-state index contributed by atoms with van der Waals surface area (Å²) in [6, 6.07) is 6.82.